The van der Waals surface area contributed by atoms with Gasteiger partial charge in [-0.05, 0) is 47.1 Å². The predicted octanol–water partition coefficient (Wildman–Crippen LogP) is 2.03. The van der Waals surface area contributed by atoms with E-state index in [2.05, 4.69) is 5.32 Å². The van der Waals surface area contributed by atoms with Gasteiger partial charge < -0.3 is 15.8 Å². The topological polar surface area (TPSA) is 64.3 Å². The van der Waals surface area contributed by atoms with Crippen LogP contribution >= 0.6 is 0 Å². The zero-order valence-corrected chi connectivity index (χ0v) is 10.3. The molecule has 0 aliphatic heterocycles. The van der Waals surface area contributed by atoms with Crippen LogP contribution in [0.25, 0.3) is 0 Å². The monoisotopic (exact) mass is 216 g/mol. The second-order valence-electron chi connectivity index (χ2n) is 4.83. The molecule has 0 heterocycles. The fourth-order valence-corrected chi connectivity index (χ4v) is 1.18. The van der Waals surface area contributed by atoms with E-state index in [1.54, 1.807) is 0 Å². The molecule has 0 spiro atoms. The molecule has 0 saturated carbocycles. The summed E-state index contributed by atoms with van der Waals surface area (Å²) in [4.78, 5) is 11.3. The van der Waals surface area contributed by atoms with Crippen LogP contribution in [0, 0.1) is 0 Å². The smallest absolute Gasteiger partial charge is 0.407 e. The number of rotatable bonds is 5. The van der Waals surface area contributed by atoms with Crippen molar-refractivity contribution in [3.8, 4) is 0 Å². The molecule has 0 saturated heterocycles. The maximum atomic E-state index is 11.3. The van der Waals surface area contributed by atoms with Gasteiger partial charge in [0, 0.05) is 6.04 Å². The molecule has 1 atom stereocenters. The van der Waals surface area contributed by atoms with E-state index in [1.165, 1.54) is 0 Å². The molecule has 0 bridgehead atoms. The third-order valence-electron chi connectivity index (χ3n) is 1.85. The van der Waals surface area contributed by atoms with E-state index in [-0.39, 0.29) is 12.1 Å². The lowest BCUT2D eigenvalue weighted by molar-refractivity contribution is 0.0506. The first-order valence-electron chi connectivity index (χ1n) is 5.54. The summed E-state index contributed by atoms with van der Waals surface area (Å²) in [6.07, 6.45) is 2.63. The van der Waals surface area contributed by atoms with Crippen LogP contribution in [-0.2, 0) is 4.74 Å². The lowest BCUT2D eigenvalue weighted by atomic mass is 10.1. The maximum absolute atomic E-state index is 11.3. The van der Waals surface area contributed by atoms with Crippen molar-refractivity contribution < 1.29 is 9.53 Å². The molecule has 0 fully saturated rings. The number of carbonyl (C=O) groups is 1. The summed E-state index contributed by atoms with van der Waals surface area (Å²) in [7, 11) is 0. The van der Waals surface area contributed by atoms with Crippen LogP contribution in [0.2, 0.25) is 0 Å². The van der Waals surface area contributed by atoms with E-state index < -0.39 is 5.60 Å². The third-order valence-corrected chi connectivity index (χ3v) is 1.85. The highest BCUT2D eigenvalue weighted by Gasteiger charge is 2.17. The number of hydrogen-bond acceptors (Lipinski definition) is 3. The zero-order chi connectivity index (χ0) is 11.9. The Balaban J connectivity index is 3.67. The van der Waals surface area contributed by atoms with Gasteiger partial charge in [0.2, 0.25) is 0 Å². The Labute approximate surface area is 92.6 Å². The molecule has 0 aliphatic rings. The number of ether oxygens (including phenoxy) is 1. The van der Waals surface area contributed by atoms with Gasteiger partial charge in [0.25, 0.3) is 0 Å². The molecule has 0 aliphatic carbocycles. The normalized spacial score (nSPS) is 13.4. The molecule has 0 aromatic rings. The van der Waals surface area contributed by atoms with Crippen molar-refractivity contribution in [2.45, 2.75) is 58.6 Å². The Kier molecular flexibility index (Phi) is 6.32. The molecular formula is C11H24N2O2. The summed E-state index contributed by atoms with van der Waals surface area (Å²) in [5.74, 6) is 0. The Bertz CT molecular complexity index is 188. The van der Waals surface area contributed by atoms with Crippen molar-refractivity contribution in [3.05, 3.63) is 0 Å². The summed E-state index contributed by atoms with van der Waals surface area (Å²) in [6.45, 7) is 8.24. The standard InChI is InChI=1S/C11H24N2O2/c1-9(7-5-6-8-12)13-10(14)15-11(2,3)4/h9H,5-8,12H2,1-4H3,(H,13,14)/t9-/m1/s1. The van der Waals surface area contributed by atoms with Crippen molar-refractivity contribution in [1.29, 1.82) is 0 Å². The minimum Gasteiger partial charge on any atom is -0.444 e. The largest absolute Gasteiger partial charge is 0.444 e. The fourth-order valence-electron chi connectivity index (χ4n) is 1.18. The Hall–Kier alpha value is -0.770. The van der Waals surface area contributed by atoms with Crippen molar-refractivity contribution in [2.24, 2.45) is 5.73 Å². The molecule has 1 amide bonds. The summed E-state index contributed by atoms with van der Waals surface area (Å²) < 4.78 is 5.14. The molecule has 15 heavy (non-hydrogen) atoms. The number of alkyl carbamates (subject to hydrolysis) is 1. The lowest BCUT2D eigenvalue weighted by Gasteiger charge is -2.21. The van der Waals surface area contributed by atoms with Gasteiger partial charge in [-0.1, -0.05) is 6.42 Å². The molecule has 4 nitrogen and oxygen atoms in total. The molecule has 0 aromatic heterocycles. The molecule has 0 radical (unpaired) electrons. The van der Waals surface area contributed by atoms with Crippen molar-refractivity contribution in [1.82, 2.24) is 5.32 Å². The second-order valence-corrected chi connectivity index (χ2v) is 4.83. The Morgan fingerprint density at radius 3 is 2.47 bits per heavy atom. The number of carbonyl (C=O) groups excluding carboxylic acids is 1. The summed E-state index contributed by atoms with van der Waals surface area (Å²) >= 11 is 0. The van der Waals surface area contributed by atoms with Gasteiger partial charge in [-0.15, -0.1) is 0 Å². The van der Waals surface area contributed by atoms with E-state index in [0.717, 1.165) is 19.3 Å². The molecule has 4 heteroatoms. The molecular weight excluding hydrogens is 192 g/mol. The number of unbranched alkanes of at least 4 members (excludes halogenated alkanes) is 1. The Morgan fingerprint density at radius 1 is 1.40 bits per heavy atom. The van der Waals surface area contributed by atoms with Gasteiger partial charge in [0.15, 0.2) is 0 Å². The van der Waals surface area contributed by atoms with Gasteiger partial charge in [-0.2, -0.15) is 0 Å². The Morgan fingerprint density at radius 2 is 2.00 bits per heavy atom. The molecule has 90 valence electrons. The summed E-state index contributed by atoms with van der Waals surface area (Å²) in [5, 5.41) is 2.79. The van der Waals surface area contributed by atoms with E-state index in [9.17, 15) is 4.79 Å². The van der Waals surface area contributed by atoms with Crippen LogP contribution in [-0.4, -0.2) is 24.3 Å². The van der Waals surface area contributed by atoms with Crippen LogP contribution in [0.5, 0.6) is 0 Å². The summed E-state index contributed by atoms with van der Waals surface area (Å²) in [6, 6.07) is 0.145. The van der Waals surface area contributed by atoms with Gasteiger partial charge in [-0.3, -0.25) is 0 Å². The number of nitrogens with one attached hydrogen (secondary N) is 1. The first-order valence-corrected chi connectivity index (χ1v) is 5.54. The van der Waals surface area contributed by atoms with Crippen LogP contribution in [0.3, 0.4) is 0 Å². The van der Waals surface area contributed by atoms with Crippen LogP contribution < -0.4 is 11.1 Å². The van der Waals surface area contributed by atoms with E-state index in [1.807, 2.05) is 27.7 Å². The van der Waals surface area contributed by atoms with Crippen LogP contribution in [0.15, 0.2) is 0 Å². The van der Waals surface area contributed by atoms with Crippen molar-refractivity contribution in [2.75, 3.05) is 6.54 Å². The first kappa shape index (κ1) is 14.2. The van der Waals surface area contributed by atoms with E-state index >= 15 is 0 Å². The highest BCUT2D eigenvalue weighted by molar-refractivity contribution is 5.67. The number of hydrogen-bond donors (Lipinski definition) is 2. The van der Waals surface area contributed by atoms with Crippen molar-refractivity contribution in [3.63, 3.8) is 0 Å². The highest BCUT2D eigenvalue weighted by atomic mass is 16.6. The molecule has 0 unspecified atom stereocenters. The molecule has 0 rings (SSSR count). The third kappa shape index (κ3) is 9.53. The van der Waals surface area contributed by atoms with Gasteiger partial charge in [0.1, 0.15) is 5.60 Å². The van der Waals surface area contributed by atoms with Crippen LogP contribution in [0.1, 0.15) is 47.0 Å². The maximum Gasteiger partial charge on any atom is 0.407 e. The highest BCUT2D eigenvalue weighted by Crippen LogP contribution is 2.07. The average molecular weight is 216 g/mol. The average Bonchev–Trinajstić information content (AvgIpc) is 2.00. The minimum atomic E-state index is -0.430. The zero-order valence-electron chi connectivity index (χ0n) is 10.3. The van der Waals surface area contributed by atoms with Crippen LogP contribution in [0.4, 0.5) is 4.79 Å². The molecule has 0 aromatic carbocycles. The number of nitrogens with two attached hydrogens (primary N) is 1. The van der Waals surface area contributed by atoms with Gasteiger partial charge >= 0.3 is 6.09 Å². The van der Waals surface area contributed by atoms with E-state index in [0.29, 0.717) is 6.54 Å². The van der Waals surface area contributed by atoms with Crippen molar-refractivity contribution >= 4 is 6.09 Å². The summed E-state index contributed by atoms with van der Waals surface area (Å²) in [5.41, 5.74) is 4.96. The number of amides is 1. The molecule has 3 N–H and O–H groups in total. The SMILES string of the molecule is C[C@H](CCCCN)NC(=O)OC(C)(C)C. The quantitative estimate of drug-likeness (QED) is 0.691. The van der Waals surface area contributed by atoms with Gasteiger partial charge in [-0.25, -0.2) is 4.79 Å². The van der Waals surface area contributed by atoms with Gasteiger partial charge in [0.05, 0.1) is 0 Å². The first-order chi connectivity index (χ1) is 6.85. The van der Waals surface area contributed by atoms with E-state index in [4.69, 9.17) is 10.5 Å². The predicted molar refractivity (Wildman–Crippen MR) is 61.7 cm³/mol. The lowest BCUT2D eigenvalue weighted by Crippen LogP contribution is -2.37. The minimum absolute atomic E-state index is 0.145. The fraction of sp³-hybridized carbons (Fsp3) is 0.909. The second kappa shape index (κ2) is 6.67.